The summed E-state index contributed by atoms with van der Waals surface area (Å²) in [6.07, 6.45) is 3.18. The number of ether oxygens (including phenoxy) is 3. The van der Waals surface area contributed by atoms with Crippen molar-refractivity contribution < 1.29 is 19.0 Å². The monoisotopic (exact) mass is 364 g/mol. The second-order valence-corrected chi connectivity index (χ2v) is 7.07. The molecular weight excluding hydrogens is 332 g/mol. The molecule has 0 N–H and O–H groups in total. The average Bonchev–Trinajstić information content (AvgIpc) is 2.64. The van der Waals surface area contributed by atoms with Gasteiger partial charge in [0.25, 0.3) is 0 Å². The van der Waals surface area contributed by atoms with Crippen LogP contribution in [0.2, 0.25) is 0 Å². The van der Waals surface area contributed by atoms with Gasteiger partial charge in [0.1, 0.15) is 5.75 Å². The number of benzene rings is 1. The molecule has 0 saturated carbocycles. The van der Waals surface area contributed by atoms with Crippen molar-refractivity contribution in [1.82, 2.24) is 9.80 Å². The highest BCUT2D eigenvalue weighted by Gasteiger charge is 2.31. The molecule has 0 aromatic heterocycles. The Bertz CT molecular complexity index is 618. The molecule has 1 aromatic carbocycles. The van der Waals surface area contributed by atoms with Crippen LogP contribution in [0.3, 0.4) is 0 Å². The topological polar surface area (TPSA) is 51.2 Å². The zero-order valence-corrected chi connectivity index (χ0v) is 16.9. The molecule has 26 heavy (non-hydrogen) atoms. The molecule has 1 aliphatic heterocycles. The minimum absolute atomic E-state index is 0.0442. The van der Waals surface area contributed by atoms with E-state index in [9.17, 15) is 4.79 Å². The number of nitrogens with zero attached hydrogens (tertiary/aromatic N) is 2. The number of methoxy groups -OCH3 is 3. The summed E-state index contributed by atoms with van der Waals surface area (Å²) in [5, 5.41) is 0. The smallest absolute Gasteiger partial charge is 0.240 e. The molecule has 6 heteroatoms. The van der Waals surface area contributed by atoms with Crippen molar-refractivity contribution in [1.29, 1.82) is 0 Å². The Kier molecular flexibility index (Phi) is 7.14. The van der Waals surface area contributed by atoms with E-state index in [1.807, 2.05) is 37.9 Å². The molecule has 2 rings (SSSR count). The van der Waals surface area contributed by atoms with Gasteiger partial charge in [-0.1, -0.05) is 6.42 Å². The molecule has 0 unspecified atom stereocenters. The van der Waals surface area contributed by atoms with Gasteiger partial charge in [0.2, 0.25) is 5.91 Å². The fourth-order valence-electron chi connectivity index (χ4n) is 3.49. The number of likely N-dealkylation sites (tertiary alicyclic amines) is 1. The first-order valence-corrected chi connectivity index (χ1v) is 9.22. The molecule has 0 radical (unpaired) electrons. The Morgan fingerprint density at radius 1 is 1.12 bits per heavy atom. The Labute approximate surface area is 157 Å². The van der Waals surface area contributed by atoms with E-state index in [4.69, 9.17) is 14.2 Å². The van der Waals surface area contributed by atoms with Crippen LogP contribution in [0.25, 0.3) is 0 Å². The van der Waals surface area contributed by atoms with Crippen molar-refractivity contribution >= 4 is 5.91 Å². The number of carbonyl (C=O) groups is 1. The van der Waals surface area contributed by atoms with Gasteiger partial charge in [-0.15, -0.1) is 0 Å². The third-order valence-corrected chi connectivity index (χ3v) is 5.09. The summed E-state index contributed by atoms with van der Waals surface area (Å²) >= 11 is 0. The van der Waals surface area contributed by atoms with E-state index in [1.54, 1.807) is 21.3 Å². The Morgan fingerprint density at radius 2 is 1.73 bits per heavy atom. The van der Waals surface area contributed by atoms with E-state index in [2.05, 4.69) is 4.90 Å². The maximum atomic E-state index is 13.2. The second kappa shape index (κ2) is 9.12. The number of hydrogen-bond acceptors (Lipinski definition) is 5. The zero-order chi connectivity index (χ0) is 19.3. The summed E-state index contributed by atoms with van der Waals surface area (Å²) in [5.41, 5.74) is 0.908. The largest absolute Gasteiger partial charge is 0.496 e. The number of amides is 1. The number of piperidine rings is 1. The first kappa shape index (κ1) is 20.4. The number of hydrogen-bond donors (Lipinski definition) is 0. The van der Waals surface area contributed by atoms with Gasteiger partial charge in [-0.25, -0.2) is 0 Å². The molecule has 0 aliphatic carbocycles. The number of likely N-dealkylation sites (N-methyl/N-ethyl adjacent to an activating group) is 1. The fraction of sp³-hybridized carbons (Fsp3) is 0.650. The maximum absolute atomic E-state index is 13.2. The minimum Gasteiger partial charge on any atom is -0.496 e. The molecule has 6 nitrogen and oxygen atoms in total. The molecule has 1 saturated heterocycles. The predicted molar refractivity (Wildman–Crippen MR) is 102 cm³/mol. The fourth-order valence-corrected chi connectivity index (χ4v) is 3.49. The summed E-state index contributed by atoms with van der Waals surface area (Å²) in [7, 11) is 6.87. The zero-order valence-electron chi connectivity index (χ0n) is 16.9. The Hall–Kier alpha value is -1.95. The maximum Gasteiger partial charge on any atom is 0.240 e. The molecule has 1 aliphatic rings. The first-order valence-electron chi connectivity index (χ1n) is 9.22. The third kappa shape index (κ3) is 4.41. The SMILES string of the molecule is COc1cc(OC)c(OC)cc1CN(C(=O)[C@H]1CCCCN1C)C(C)C. The highest BCUT2D eigenvalue weighted by Crippen LogP contribution is 2.35. The lowest BCUT2D eigenvalue weighted by Crippen LogP contribution is -2.51. The van der Waals surface area contributed by atoms with Gasteiger partial charge in [0, 0.05) is 24.2 Å². The van der Waals surface area contributed by atoms with Crippen molar-refractivity contribution in [2.45, 2.75) is 51.7 Å². The van der Waals surface area contributed by atoms with Crippen molar-refractivity contribution in [2.24, 2.45) is 0 Å². The minimum atomic E-state index is -0.0442. The van der Waals surface area contributed by atoms with Gasteiger partial charge < -0.3 is 19.1 Å². The van der Waals surface area contributed by atoms with Crippen LogP contribution in [0.15, 0.2) is 12.1 Å². The van der Waals surface area contributed by atoms with Crippen LogP contribution in [0.5, 0.6) is 17.2 Å². The summed E-state index contributed by atoms with van der Waals surface area (Å²) in [5.74, 6) is 2.12. The molecule has 1 amide bonds. The molecule has 1 aromatic rings. The summed E-state index contributed by atoms with van der Waals surface area (Å²) < 4.78 is 16.3. The van der Waals surface area contributed by atoms with Crippen molar-refractivity contribution in [3.8, 4) is 17.2 Å². The summed E-state index contributed by atoms with van der Waals surface area (Å²) in [6, 6.07) is 3.75. The highest BCUT2D eigenvalue weighted by atomic mass is 16.5. The normalized spacial score (nSPS) is 17.9. The van der Waals surface area contributed by atoms with E-state index in [-0.39, 0.29) is 18.0 Å². The molecule has 1 atom stereocenters. The van der Waals surface area contributed by atoms with Gasteiger partial charge in [-0.2, -0.15) is 0 Å². The molecular formula is C20H32N2O4. The number of carbonyl (C=O) groups excluding carboxylic acids is 1. The third-order valence-electron chi connectivity index (χ3n) is 5.09. The van der Waals surface area contributed by atoms with Crippen molar-refractivity contribution in [3.63, 3.8) is 0 Å². The number of rotatable bonds is 7. The van der Waals surface area contributed by atoms with Gasteiger partial charge in [0.05, 0.1) is 27.4 Å². The average molecular weight is 364 g/mol. The molecule has 1 fully saturated rings. The van der Waals surface area contributed by atoms with E-state index in [0.29, 0.717) is 23.8 Å². The van der Waals surface area contributed by atoms with Gasteiger partial charge in [0.15, 0.2) is 11.5 Å². The molecule has 1 heterocycles. The lowest BCUT2D eigenvalue weighted by Gasteiger charge is -2.37. The van der Waals surface area contributed by atoms with Crippen molar-refractivity contribution in [2.75, 3.05) is 34.9 Å². The lowest BCUT2D eigenvalue weighted by molar-refractivity contribution is -0.140. The van der Waals surface area contributed by atoms with Crippen LogP contribution >= 0.6 is 0 Å². The predicted octanol–water partition coefficient (Wildman–Crippen LogP) is 2.93. The van der Waals surface area contributed by atoms with E-state index in [0.717, 1.165) is 31.4 Å². The quantitative estimate of drug-likeness (QED) is 0.745. The Balaban J connectivity index is 2.30. The second-order valence-electron chi connectivity index (χ2n) is 7.07. The molecule has 0 spiro atoms. The van der Waals surface area contributed by atoms with E-state index < -0.39 is 0 Å². The highest BCUT2D eigenvalue weighted by molar-refractivity contribution is 5.82. The first-order chi connectivity index (χ1) is 12.4. The van der Waals surface area contributed by atoms with Crippen LogP contribution in [-0.2, 0) is 11.3 Å². The standard InChI is InChI=1S/C20H32N2O4/c1-14(2)22(20(23)16-9-7-8-10-21(16)3)13-15-11-18(25-5)19(26-6)12-17(15)24-4/h11-12,14,16H,7-10,13H2,1-6H3/t16-/m1/s1. The van der Waals surface area contributed by atoms with Crippen LogP contribution < -0.4 is 14.2 Å². The Morgan fingerprint density at radius 3 is 2.27 bits per heavy atom. The molecule has 146 valence electrons. The van der Waals surface area contributed by atoms with Gasteiger partial charge >= 0.3 is 0 Å². The summed E-state index contributed by atoms with van der Waals surface area (Å²) in [4.78, 5) is 17.3. The van der Waals surface area contributed by atoms with Crippen LogP contribution in [0.1, 0.15) is 38.7 Å². The van der Waals surface area contributed by atoms with Crippen LogP contribution in [-0.4, -0.2) is 62.7 Å². The van der Waals surface area contributed by atoms with Gasteiger partial charge in [-0.05, 0) is 46.3 Å². The lowest BCUT2D eigenvalue weighted by atomic mass is 10.0. The van der Waals surface area contributed by atoms with E-state index >= 15 is 0 Å². The van der Waals surface area contributed by atoms with Crippen molar-refractivity contribution in [3.05, 3.63) is 17.7 Å². The summed E-state index contributed by atoms with van der Waals surface area (Å²) in [6.45, 7) is 5.55. The van der Waals surface area contributed by atoms with E-state index in [1.165, 1.54) is 0 Å². The van der Waals surface area contributed by atoms with Crippen LogP contribution in [0.4, 0.5) is 0 Å². The van der Waals surface area contributed by atoms with Crippen LogP contribution in [0, 0.1) is 0 Å². The molecule has 0 bridgehead atoms. The van der Waals surface area contributed by atoms with Gasteiger partial charge in [-0.3, -0.25) is 9.69 Å².